The third kappa shape index (κ3) is 0.857. The molecule has 72 valence electrons. The lowest BCUT2D eigenvalue weighted by Gasteiger charge is -2.08. The first-order valence-corrected chi connectivity index (χ1v) is 5.30. The third-order valence-electron chi connectivity index (χ3n) is 3.28. The summed E-state index contributed by atoms with van der Waals surface area (Å²) in [7, 11) is 0. The quantitative estimate of drug-likeness (QED) is 0.756. The van der Waals surface area contributed by atoms with Gasteiger partial charge in [0.05, 0.1) is 11.3 Å². The summed E-state index contributed by atoms with van der Waals surface area (Å²) < 4.78 is 0. The van der Waals surface area contributed by atoms with E-state index < -0.39 is 5.41 Å². The highest BCUT2D eigenvalue weighted by molar-refractivity contribution is 7.10. The Morgan fingerprint density at radius 1 is 1.43 bits per heavy atom. The van der Waals surface area contributed by atoms with Crippen molar-refractivity contribution in [2.24, 2.45) is 11.3 Å². The Bertz CT molecular complexity index is 367. The van der Waals surface area contributed by atoms with E-state index in [1.807, 2.05) is 43.9 Å². The van der Waals surface area contributed by atoms with Gasteiger partial charge < -0.3 is 0 Å². The van der Waals surface area contributed by atoms with Gasteiger partial charge in [0.15, 0.2) is 0 Å². The number of rotatable bonds is 3. The average Bonchev–Trinajstić information content (AvgIpc) is 2.60. The molecule has 0 aromatic carbocycles. The fraction of sp³-hybridized carbons (Fsp3) is 0.455. The Hall–Kier alpha value is -0.960. The van der Waals surface area contributed by atoms with Crippen LogP contribution in [0.1, 0.15) is 18.7 Å². The number of hydrogen-bond donors (Lipinski definition) is 0. The van der Waals surface area contributed by atoms with Crippen molar-refractivity contribution < 1.29 is 9.59 Å². The van der Waals surface area contributed by atoms with Crippen LogP contribution in [-0.4, -0.2) is 12.6 Å². The Labute approximate surface area is 86.9 Å². The number of hydrogen-bond acceptors (Lipinski definition) is 3. The van der Waals surface area contributed by atoms with Crippen LogP contribution in [0.3, 0.4) is 0 Å². The summed E-state index contributed by atoms with van der Waals surface area (Å²) in [6, 6.07) is 3.77. The first-order valence-electron chi connectivity index (χ1n) is 4.42. The molecule has 0 amide bonds. The lowest BCUT2D eigenvalue weighted by molar-refractivity contribution is 0.508. The van der Waals surface area contributed by atoms with Crippen molar-refractivity contribution in [2.45, 2.75) is 19.3 Å². The van der Waals surface area contributed by atoms with Crippen molar-refractivity contribution in [1.29, 1.82) is 0 Å². The topological polar surface area (TPSA) is 34.1 Å². The highest BCUT2D eigenvalue weighted by Gasteiger charge is 2.74. The van der Waals surface area contributed by atoms with Crippen molar-refractivity contribution in [3.8, 4) is 0 Å². The van der Waals surface area contributed by atoms with E-state index in [-0.39, 0.29) is 11.3 Å². The first-order chi connectivity index (χ1) is 6.61. The maximum atomic E-state index is 11.1. The van der Waals surface area contributed by atoms with Gasteiger partial charge in [0.1, 0.15) is 0 Å². The van der Waals surface area contributed by atoms with Crippen LogP contribution < -0.4 is 0 Å². The Balaban J connectivity index is 2.49. The summed E-state index contributed by atoms with van der Waals surface area (Å²) in [4.78, 5) is 22.8. The van der Waals surface area contributed by atoms with Crippen LogP contribution in [-0.2, 0) is 15.0 Å². The van der Waals surface area contributed by atoms with Crippen molar-refractivity contribution >= 4 is 23.9 Å². The van der Waals surface area contributed by atoms with E-state index in [4.69, 9.17) is 0 Å². The highest BCUT2D eigenvalue weighted by atomic mass is 32.1. The zero-order valence-electron chi connectivity index (χ0n) is 8.03. The second kappa shape index (κ2) is 2.76. The minimum Gasteiger partial charge on any atom is -0.290 e. The minimum atomic E-state index is -0.733. The number of carbonyl (C=O) groups excluding carboxylic acids is 2. The lowest BCUT2D eigenvalue weighted by atomic mass is 9.96. The fourth-order valence-corrected chi connectivity index (χ4v) is 3.27. The van der Waals surface area contributed by atoms with Crippen molar-refractivity contribution in [3.05, 3.63) is 22.4 Å². The molecule has 1 aliphatic rings. The SMILES string of the molecule is CC1(C)C([C]=O)C1([C]=O)c1cccs1. The molecule has 0 spiro atoms. The summed E-state index contributed by atoms with van der Waals surface area (Å²) in [5.74, 6) is -0.342. The zero-order chi connectivity index (χ0) is 10.4. The molecule has 0 saturated heterocycles. The lowest BCUT2D eigenvalue weighted by Crippen LogP contribution is -2.15. The molecule has 1 heterocycles. The molecule has 2 radical (unpaired) electrons. The van der Waals surface area contributed by atoms with Crippen LogP contribution in [0.2, 0.25) is 0 Å². The van der Waals surface area contributed by atoms with Crippen LogP contribution in [0.25, 0.3) is 0 Å². The van der Waals surface area contributed by atoms with E-state index in [1.54, 1.807) is 0 Å². The van der Waals surface area contributed by atoms with Gasteiger partial charge in [-0.05, 0) is 16.9 Å². The molecule has 1 aliphatic carbocycles. The second-order valence-corrected chi connectivity index (χ2v) is 5.11. The van der Waals surface area contributed by atoms with E-state index in [0.717, 1.165) is 4.88 Å². The summed E-state index contributed by atoms with van der Waals surface area (Å²) in [6.45, 7) is 3.82. The molecule has 3 heteroatoms. The van der Waals surface area contributed by atoms with Gasteiger partial charge >= 0.3 is 0 Å². The monoisotopic (exact) mass is 206 g/mol. The molecule has 2 nitrogen and oxygen atoms in total. The predicted octanol–water partition coefficient (Wildman–Crippen LogP) is 1.86. The summed E-state index contributed by atoms with van der Waals surface area (Å²) in [5, 5.41) is 1.91. The van der Waals surface area contributed by atoms with Gasteiger partial charge in [-0.25, -0.2) is 0 Å². The summed E-state index contributed by atoms with van der Waals surface area (Å²) in [6.07, 6.45) is 4.00. The first kappa shape index (κ1) is 9.59. The number of thiophene rings is 1. The molecule has 1 fully saturated rings. The molecule has 2 rings (SSSR count). The van der Waals surface area contributed by atoms with E-state index in [1.165, 1.54) is 11.3 Å². The van der Waals surface area contributed by atoms with Crippen LogP contribution in [0.15, 0.2) is 17.5 Å². The molecule has 1 aromatic rings. The summed E-state index contributed by atoms with van der Waals surface area (Å²) in [5.41, 5.74) is -1.07. The molecular weight excluding hydrogens is 196 g/mol. The zero-order valence-corrected chi connectivity index (χ0v) is 8.85. The van der Waals surface area contributed by atoms with Gasteiger partial charge in [-0.1, -0.05) is 19.9 Å². The molecular formula is C11H10O2S. The average molecular weight is 206 g/mol. The fourth-order valence-electron chi connectivity index (χ4n) is 2.20. The molecule has 1 aromatic heterocycles. The molecule has 2 atom stereocenters. The third-order valence-corrected chi connectivity index (χ3v) is 4.28. The molecule has 2 unspecified atom stereocenters. The van der Waals surface area contributed by atoms with Gasteiger partial charge in [-0.3, -0.25) is 9.59 Å². The van der Waals surface area contributed by atoms with E-state index >= 15 is 0 Å². The van der Waals surface area contributed by atoms with Crippen LogP contribution in [0, 0.1) is 11.3 Å². The van der Waals surface area contributed by atoms with Crippen molar-refractivity contribution in [2.75, 3.05) is 0 Å². The largest absolute Gasteiger partial charge is 0.290 e. The predicted molar refractivity (Wildman–Crippen MR) is 54.7 cm³/mol. The van der Waals surface area contributed by atoms with Gasteiger partial charge in [0, 0.05) is 4.88 Å². The van der Waals surface area contributed by atoms with Crippen LogP contribution in [0.5, 0.6) is 0 Å². The van der Waals surface area contributed by atoms with E-state index in [9.17, 15) is 9.59 Å². The summed E-state index contributed by atoms with van der Waals surface area (Å²) >= 11 is 1.50. The maximum absolute atomic E-state index is 11.1. The minimum absolute atomic E-state index is 0.332. The normalized spacial score (nSPS) is 33.7. The highest BCUT2D eigenvalue weighted by Crippen LogP contribution is 2.67. The van der Waals surface area contributed by atoms with Crippen molar-refractivity contribution in [1.82, 2.24) is 0 Å². The smallest absolute Gasteiger partial charge is 0.212 e. The molecule has 0 bridgehead atoms. The standard InChI is InChI=1S/C11H10O2S/c1-10(2)8(6-12)11(10,7-13)9-4-3-5-14-9/h3-5,8H,1-2H3. The molecule has 0 aliphatic heterocycles. The second-order valence-electron chi connectivity index (χ2n) is 4.16. The van der Waals surface area contributed by atoms with Gasteiger partial charge in [0.25, 0.3) is 0 Å². The molecule has 0 N–H and O–H groups in total. The van der Waals surface area contributed by atoms with Crippen LogP contribution >= 0.6 is 11.3 Å². The van der Waals surface area contributed by atoms with Gasteiger partial charge in [-0.15, -0.1) is 11.3 Å². The molecule has 14 heavy (non-hydrogen) atoms. The Morgan fingerprint density at radius 2 is 2.14 bits per heavy atom. The van der Waals surface area contributed by atoms with Gasteiger partial charge in [0.2, 0.25) is 12.6 Å². The van der Waals surface area contributed by atoms with E-state index in [0.29, 0.717) is 0 Å². The Morgan fingerprint density at radius 3 is 2.50 bits per heavy atom. The Kier molecular flexibility index (Phi) is 1.89. The maximum Gasteiger partial charge on any atom is 0.212 e. The van der Waals surface area contributed by atoms with Crippen LogP contribution in [0.4, 0.5) is 0 Å². The van der Waals surface area contributed by atoms with Crippen molar-refractivity contribution in [3.63, 3.8) is 0 Å². The van der Waals surface area contributed by atoms with Gasteiger partial charge in [-0.2, -0.15) is 0 Å². The van der Waals surface area contributed by atoms with E-state index in [2.05, 4.69) is 0 Å². The molecule has 1 saturated carbocycles.